The van der Waals surface area contributed by atoms with E-state index in [2.05, 4.69) is 47.2 Å². The third-order valence-electron chi connectivity index (χ3n) is 4.79. The number of aromatic nitrogens is 2. The van der Waals surface area contributed by atoms with Crippen molar-refractivity contribution in [2.45, 2.75) is 58.0 Å². The van der Waals surface area contributed by atoms with Gasteiger partial charge in [-0.05, 0) is 57.9 Å². The van der Waals surface area contributed by atoms with Crippen LogP contribution in [0.15, 0.2) is 41.4 Å². The molecule has 0 saturated carbocycles. The third kappa shape index (κ3) is 3.91. The van der Waals surface area contributed by atoms with E-state index in [4.69, 9.17) is 0 Å². The second-order valence-corrected chi connectivity index (χ2v) is 9.37. The minimum Gasteiger partial charge on any atom is -0.336 e. The molecular formula is C22H26N4O2S. The first-order valence-electron chi connectivity index (χ1n) is 9.75. The topological polar surface area (TPSA) is 87.8 Å². The number of sulfonamides is 1. The molecule has 3 aromatic rings. The number of benzene rings is 1. The second kappa shape index (κ2) is 7.97. The number of nitrogens with zero attached hydrogens (tertiary/aromatic N) is 3. The van der Waals surface area contributed by atoms with Gasteiger partial charge in [0.15, 0.2) is 0 Å². The SMILES string of the molecule is CCc1ccc2c(C#N)c(-c3ccc(S(=O)(=O)NC(C)C)cn3)n(C(C)C)c2c1. The summed E-state index contributed by atoms with van der Waals surface area (Å²) in [6.07, 6.45) is 2.26. The zero-order valence-electron chi connectivity index (χ0n) is 17.4. The Bertz CT molecular complexity index is 1180. The van der Waals surface area contributed by atoms with Crippen LogP contribution in [0, 0.1) is 11.3 Å². The molecule has 152 valence electrons. The molecule has 3 rings (SSSR count). The van der Waals surface area contributed by atoms with Crippen LogP contribution in [-0.2, 0) is 16.4 Å². The lowest BCUT2D eigenvalue weighted by Gasteiger charge is -2.15. The largest absolute Gasteiger partial charge is 0.336 e. The minimum atomic E-state index is -3.62. The predicted octanol–water partition coefficient (Wildman–Crippen LogP) is 4.40. The van der Waals surface area contributed by atoms with E-state index < -0.39 is 10.0 Å². The van der Waals surface area contributed by atoms with Gasteiger partial charge in [-0.3, -0.25) is 4.98 Å². The summed E-state index contributed by atoms with van der Waals surface area (Å²) >= 11 is 0. The highest BCUT2D eigenvalue weighted by molar-refractivity contribution is 7.89. The molecule has 6 nitrogen and oxygen atoms in total. The quantitative estimate of drug-likeness (QED) is 0.652. The van der Waals surface area contributed by atoms with Gasteiger partial charge in [0.1, 0.15) is 11.0 Å². The van der Waals surface area contributed by atoms with Crippen molar-refractivity contribution < 1.29 is 8.42 Å². The van der Waals surface area contributed by atoms with Crippen molar-refractivity contribution in [3.05, 3.63) is 47.7 Å². The summed E-state index contributed by atoms with van der Waals surface area (Å²) in [7, 11) is -3.62. The Labute approximate surface area is 172 Å². The van der Waals surface area contributed by atoms with E-state index in [0.717, 1.165) is 17.3 Å². The van der Waals surface area contributed by atoms with Crippen molar-refractivity contribution in [2.75, 3.05) is 0 Å². The molecule has 0 aliphatic rings. The second-order valence-electron chi connectivity index (χ2n) is 7.66. The molecule has 0 atom stereocenters. The summed E-state index contributed by atoms with van der Waals surface area (Å²) in [5.41, 5.74) is 4.03. The predicted molar refractivity (Wildman–Crippen MR) is 115 cm³/mol. The van der Waals surface area contributed by atoms with Crippen LogP contribution in [0.25, 0.3) is 22.3 Å². The fraction of sp³-hybridized carbons (Fsp3) is 0.364. The van der Waals surface area contributed by atoms with E-state index in [0.29, 0.717) is 17.0 Å². The summed E-state index contributed by atoms with van der Waals surface area (Å²) in [5.74, 6) is 0. The van der Waals surface area contributed by atoms with Crippen LogP contribution in [0.5, 0.6) is 0 Å². The average molecular weight is 411 g/mol. The van der Waals surface area contributed by atoms with Crippen LogP contribution in [0.4, 0.5) is 0 Å². The zero-order chi connectivity index (χ0) is 21.3. The first-order valence-corrected chi connectivity index (χ1v) is 11.2. The molecule has 0 spiro atoms. The Hall–Kier alpha value is -2.69. The molecule has 7 heteroatoms. The molecule has 0 fully saturated rings. The fourth-order valence-corrected chi connectivity index (χ4v) is 4.73. The molecule has 1 N–H and O–H groups in total. The van der Waals surface area contributed by atoms with Gasteiger partial charge in [-0.1, -0.05) is 19.1 Å². The first-order chi connectivity index (χ1) is 13.7. The highest BCUT2D eigenvalue weighted by atomic mass is 32.2. The van der Waals surface area contributed by atoms with Gasteiger partial charge in [0, 0.05) is 23.7 Å². The standard InChI is InChI=1S/C22H26N4O2S/c1-6-16-7-9-18-19(12-23)22(26(15(4)5)21(18)11-16)20-10-8-17(13-24-20)29(27,28)25-14(2)3/h7-11,13-15,25H,6H2,1-5H3. The van der Waals surface area contributed by atoms with Crippen molar-refractivity contribution >= 4 is 20.9 Å². The molecule has 0 aliphatic heterocycles. The lowest BCUT2D eigenvalue weighted by Crippen LogP contribution is -2.30. The maximum absolute atomic E-state index is 12.4. The number of hydrogen-bond donors (Lipinski definition) is 1. The maximum Gasteiger partial charge on any atom is 0.242 e. The third-order valence-corrected chi connectivity index (χ3v) is 6.43. The molecule has 0 radical (unpaired) electrons. The molecule has 0 bridgehead atoms. The number of nitriles is 1. The van der Waals surface area contributed by atoms with Gasteiger partial charge < -0.3 is 4.57 Å². The molecule has 0 amide bonds. The molecule has 2 heterocycles. The van der Waals surface area contributed by atoms with Crippen molar-refractivity contribution in [2.24, 2.45) is 0 Å². The smallest absolute Gasteiger partial charge is 0.242 e. The molecule has 2 aromatic heterocycles. The van der Waals surface area contributed by atoms with Gasteiger partial charge in [0.05, 0.1) is 22.5 Å². The summed E-state index contributed by atoms with van der Waals surface area (Å²) in [6, 6.07) is 11.6. The molecule has 0 saturated heterocycles. The highest BCUT2D eigenvalue weighted by Gasteiger charge is 2.22. The van der Waals surface area contributed by atoms with Crippen LogP contribution in [0.1, 0.15) is 51.8 Å². The van der Waals surface area contributed by atoms with Gasteiger partial charge in [-0.15, -0.1) is 0 Å². The molecule has 0 unspecified atom stereocenters. The molecule has 29 heavy (non-hydrogen) atoms. The number of aryl methyl sites for hydroxylation is 1. The van der Waals surface area contributed by atoms with E-state index in [9.17, 15) is 13.7 Å². The van der Waals surface area contributed by atoms with Gasteiger partial charge >= 0.3 is 0 Å². The summed E-state index contributed by atoms with van der Waals surface area (Å²) in [6.45, 7) is 9.76. The maximum atomic E-state index is 12.4. The molecule has 1 aromatic carbocycles. The van der Waals surface area contributed by atoms with Gasteiger partial charge in [0.2, 0.25) is 10.0 Å². The van der Waals surface area contributed by atoms with Crippen molar-refractivity contribution in [1.29, 1.82) is 5.26 Å². The van der Waals surface area contributed by atoms with Crippen molar-refractivity contribution in [3.63, 3.8) is 0 Å². The van der Waals surface area contributed by atoms with E-state index in [1.54, 1.807) is 19.9 Å². The Morgan fingerprint density at radius 3 is 2.41 bits per heavy atom. The number of fused-ring (bicyclic) bond motifs is 1. The number of nitrogens with one attached hydrogen (secondary N) is 1. The number of rotatable bonds is 6. The van der Waals surface area contributed by atoms with E-state index in [1.165, 1.54) is 17.8 Å². The van der Waals surface area contributed by atoms with E-state index in [-0.39, 0.29) is 17.0 Å². The Morgan fingerprint density at radius 2 is 1.90 bits per heavy atom. The Kier molecular flexibility index (Phi) is 5.78. The zero-order valence-corrected chi connectivity index (χ0v) is 18.2. The van der Waals surface area contributed by atoms with Crippen molar-refractivity contribution in [1.82, 2.24) is 14.3 Å². The Morgan fingerprint density at radius 1 is 1.17 bits per heavy atom. The fourth-order valence-electron chi connectivity index (χ4n) is 3.54. The normalized spacial score (nSPS) is 12.1. The molecule has 0 aliphatic carbocycles. The van der Waals surface area contributed by atoms with Crippen molar-refractivity contribution in [3.8, 4) is 17.5 Å². The first kappa shape index (κ1) is 21.0. The lowest BCUT2D eigenvalue weighted by molar-refractivity contribution is 0.569. The highest BCUT2D eigenvalue weighted by Crippen LogP contribution is 2.36. The van der Waals surface area contributed by atoms with Crippen LogP contribution >= 0.6 is 0 Å². The summed E-state index contributed by atoms with van der Waals surface area (Å²) < 4.78 is 29.4. The van der Waals surface area contributed by atoms with Gasteiger partial charge in [0.25, 0.3) is 0 Å². The van der Waals surface area contributed by atoms with Gasteiger partial charge in [-0.2, -0.15) is 5.26 Å². The van der Waals surface area contributed by atoms with E-state index >= 15 is 0 Å². The van der Waals surface area contributed by atoms with Crippen LogP contribution in [-0.4, -0.2) is 24.0 Å². The summed E-state index contributed by atoms with van der Waals surface area (Å²) in [4.78, 5) is 4.53. The monoisotopic (exact) mass is 410 g/mol. The minimum absolute atomic E-state index is 0.105. The van der Waals surface area contributed by atoms with Gasteiger partial charge in [-0.25, -0.2) is 13.1 Å². The Balaban J connectivity index is 2.22. The summed E-state index contributed by atoms with van der Waals surface area (Å²) in [5, 5.41) is 10.8. The van der Waals surface area contributed by atoms with E-state index in [1.807, 2.05) is 12.1 Å². The number of pyridine rings is 1. The average Bonchev–Trinajstić information content (AvgIpc) is 3.00. The lowest BCUT2D eigenvalue weighted by atomic mass is 10.1. The van der Waals surface area contributed by atoms with Crippen LogP contribution < -0.4 is 4.72 Å². The number of hydrogen-bond acceptors (Lipinski definition) is 4. The van der Waals surface area contributed by atoms with Crippen LogP contribution in [0.3, 0.4) is 0 Å². The molecular weight excluding hydrogens is 384 g/mol. The van der Waals surface area contributed by atoms with Crippen LogP contribution in [0.2, 0.25) is 0 Å².